The molecule has 1 N–H and O–H groups in total. The summed E-state index contributed by atoms with van der Waals surface area (Å²) >= 11 is 0. The van der Waals surface area contributed by atoms with Crippen molar-refractivity contribution in [1.82, 2.24) is 15.1 Å². The van der Waals surface area contributed by atoms with Crippen molar-refractivity contribution < 1.29 is 23.9 Å². The Balaban J connectivity index is 1.24. The van der Waals surface area contributed by atoms with Crippen molar-refractivity contribution in [3.05, 3.63) is 131 Å². The van der Waals surface area contributed by atoms with Crippen LogP contribution in [0.2, 0.25) is 0 Å². The number of carbonyl (C=O) groups excluding carboxylic acids is 3. The summed E-state index contributed by atoms with van der Waals surface area (Å²) in [4.78, 5) is 45.2. The van der Waals surface area contributed by atoms with Gasteiger partial charge in [-0.3, -0.25) is 4.79 Å². The third kappa shape index (κ3) is 8.84. The van der Waals surface area contributed by atoms with Gasteiger partial charge < -0.3 is 24.6 Å². The summed E-state index contributed by atoms with van der Waals surface area (Å²) in [5.41, 5.74) is 6.06. The van der Waals surface area contributed by atoms with Gasteiger partial charge in [0.05, 0.1) is 12.0 Å². The first kappa shape index (κ1) is 36.7. The lowest BCUT2D eigenvalue weighted by Gasteiger charge is -2.40. The molecule has 0 spiro atoms. The molecule has 0 aromatic heterocycles. The van der Waals surface area contributed by atoms with Gasteiger partial charge in [0, 0.05) is 38.0 Å². The predicted molar refractivity (Wildman–Crippen MR) is 204 cm³/mol. The lowest BCUT2D eigenvalue weighted by atomic mass is 9.87. The molecule has 2 aliphatic rings. The number of carbonyl (C=O) groups is 3. The quantitative estimate of drug-likeness (QED) is 0.179. The molecule has 8 nitrogen and oxygen atoms in total. The maximum Gasteiger partial charge on any atom is 0.409 e. The standard InChI is InChI=1S/C44H51N3O5/c1-30(2)39(32-18-10-7-11-19-32)28-46(25-31-16-8-6-9-17-31)41(48)33-24-34(45-42(49)52-44(3,4)5)27-47(26-33)43(50)51-29-40-37-22-14-12-20-35(37)36-21-13-15-23-38(36)40/h6-23,30,33-34,39-40H,24-29H2,1-5H3,(H,45,49)/t33-,34+,39?/m0/s1. The summed E-state index contributed by atoms with van der Waals surface area (Å²) in [5.74, 6) is -0.342. The number of rotatable bonds is 10. The Morgan fingerprint density at radius 3 is 1.98 bits per heavy atom. The van der Waals surface area contributed by atoms with Crippen LogP contribution in [0.15, 0.2) is 109 Å². The fourth-order valence-corrected chi connectivity index (χ4v) is 7.62. The van der Waals surface area contributed by atoms with Crippen LogP contribution in [-0.2, 0) is 20.8 Å². The molecule has 272 valence electrons. The molecule has 3 amide bonds. The fraction of sp³-hybridized carbons (Fsp3) is 0.386. The van der Waals surface area contributed by atoms with E-state index in [4.69, 9.17) is 9.47 Å². The molecular weight excluding hydrogens is 650 g/mol. The Bertz CT molecular complexity index is 1790. The van der Waals surface area contributed by atoms with Crippen molar-refractivity contribution in [3.63, 3.8) is 0 Å². The molecule has 1 heterocycles. The van der Waals surface area contributed by atoms with E-state index in [1.165, 1.54) is 5.56 Å². The minimum absolute atomic E-state index is 0.0578. The van der Waals surface area contributed by atoms with Gasteiger partial charge >= 0.3 is 12.2 Å². The van der Waals surface area contributed by atoms with E-state index in [-0.39, 0.29) is 43.4 Å². The molecule has 0 saturated carbocycles. The summed E-state index contributed by atoms with van der Waals surface area (Å²) in [6.07, 6.45) is -0.716. The van der Waals surface area contributed by atoms with Crippen LogP contribution in [0, 0.1) is 11.8 Å². The summed E-state index contributed by atoms with van der Waals surface area (Å²) in [5, 5.41) is 2.96. The van der Waals surface area contributed by atoms with Gasteiger partial charge in [-0.25, -0.2) is 9.59 Å². The monoisotopic (exact) mass is 701 g/mol. The van der Waals surface area contributed by atoms with E-state index in [2.05, 4.69) is 55.6 Å². The Hall–Kier alpha value is -5.11. The molecule has 1 unspecified atom stereocenters. The van der Waals surface area contributed by atoms with Gasteiger partial charge in [0.25, 0.3) is 0 Å². The van der Waals surface area contributed by atoms with E-state index in [0.717, 1.165) is 27.8 Å². The molecule has 1 fully saturated rings. The number of benzene rings is 4. The Morgan fingerprint density at radius 1 is 0.808 bits per heavy atom. The number of piperidine rings is 1. The number of ether oxygens (including phenoxy) is 2. The summed E-state index contributed by atoms with van der Waals surface area (Å²) < 4.78 is 11.7. The second-order valence-electron chi connectivity index (χ2n) is 15.5. The number of hydrogen-bond acceptors (Lipinski definition) is 5. The maximum absolute atomic E-state index is 14.8. The minimum atomic E-state index is -0.698. The van der Waals surface area contributed by atoms with E-state index in [1.54, 1.807) is 4.90 Å². The topological polar surface area (TPSA) is 88.2 Å². The zero-order valence-corrected chi connectivity index (χ0v) is 31.0. The lowest BCUT2D eigenvalue weighted by molar-refractivity contribution is -0.138. The van der Waals surface area contributed by atoms with Gasteiger partial charge in [0.2, 0.25) is 5.91 Å². The zero-order chi connectivity index (χ0) is 36.8. The molecule has 4 aromatic rings. The summed E-state index contributed by atoms with van der Waals surface area (Å²) in [6.45, 7) is 11.3. The van der Waals surface area contributed by atoms with Crippen LogP contribution in [0.1, 0.15) is 75.1 Å². The van der Waals surface area contributed by atoms with Gasteiger partial charge in [-0.1, -0.05) is 123 Å². The highest BCUT2D eigenvalue weighted by Crippen LogP contribution is 2.44. The van der Waals surface area contributed by atoms with Gasteiger partial charge in [-0.05, 0) is 66.5 Å². The molecule has 0 bridgehead atoms. The van der Waals surface area contributed by atoms with Crippen LogP contribution in [0.25, 0.3) is 11.1 Å². The molecule has 6 rings (SSSR count). The van der Waals surface area contributed by atoms with Crippen LogP contribution in [0.4, 0.5) is 9.59 Å². The Labute approximate surface area is 308 Å². The highest BCUT2D eigenvalue weighted by Gasteiger charge is 2.39. The Morgan fingerprint density at radius 2 is 1.38 bits per heavy atom. The van der Waals surface area contributed by atoms with E-state index in [0.29, 0.717) is 19.5 Å². The average molecular weight is 702 g/mol. The van der Waals surface area contributed by atoms with Crippen molar-refractivity contribution in [2.75, 3.05) is 26.2 Å². The van der Waals surface area contributed by atoms with Crippen LogP contribution in [0.3, 0.4) is 0 Å². The molecule has 52 heavy (non-hydrogen) atoms. The van der Waals surface area contributed by atoms with E-state index >= 15 is 0 Å². The molecule has 1 aliphatic carbocycles. The number of fused-ring (bicyclic) bond motifs is 3. The van der Waals surface area contributed by atoms with Gasteiger partial charge in [0.15, 0.2) is 0 Å². The normalized spacial score (nSPS) is 17.5. The molecule has 1 aliphatic heterocycles. The smallest absolute Gasteiger partial charge is 0.409 e. The third-order valence-corrected chi connectivity index (χ3v) is 10.1. The summed E-state index contributed by atoms with van der Waals surface area (Å²) in [6, 6.07) is 36.3. The second-order valence-corrected chi connectivity index (χ2v) is 15.5. The SMILES string of the molecule is CC(C)C(CN(Cc1ccccc1)C(=O)[C@H]1C[C@@H](NC(=O)OC(C)(C)C)CN(C(=O)OCC2c3ccccc3-c3ccccc32)C1)c1ccccc1. The van der Waals surface area contributed by atoms with E-state index < -0.39 is 29.7 Å². The average Bonchev–Trinajstić information content (AvgIpc) is 3.45. The second kappa shape index (κ2) is 16.1. The third-order valence-electron chi connectivity index (χ3n) is 10.1. The maximum atomic E-state index is 14.8. The Kier molecular flexibility index (Phi) is 11.3. The predicted octanol–water partition coefficient (Wildman–Crippen LogP) is 8.62. The molecule has 4 aromatic carbocycles. The number of nitrogens with zero attached hydrogens (tertiary/aromatic N) is 2. The first-order valence-corrected chi connectivity index (χ1v) is 18.4. The molecule has 1 saturated heterocycles. The van der Waals surface area contributed by atoms with Crippen molar-refractivity contribution >= 4 is 18.1 Å². The molecular formula is C44H51N3O5. The van der Waals surface area contributed by atoms with Crippen LogP contribution in [-0.4, -0.2) is 65.8 Å². The highest BCUT2D eigenvalue weighted by atomic mass is 16.6. The number of hydrogen-bond donors (Lipinski definition) is 1. The highest BCUT2D eigenvalue weighted by molar-refractivity contribution is 5.81. The minimum Gasteiger partial charge on any atom is -0.448 e. The van der Waals surface area contributed by atoms with Crippen molar-refractivity contribution in [3.8, 4) is 11.1 Å². The van der Waals surface area contributed by atoms with Gasteiger partial charge in [-0.15, -0.1) is 0 Å². The number of nitrogens with one attached hydrogen (secondary N) is 1. The fourth-order valence-electron chi connectivity index (χ4n) is 7.62. The first-order valence-electron chi connectivity index (χ1n) is 18.4. The van der Waals surface area contributed by atoms with E-state index in [9.17, 15) is 14.4 Å². The first-order chi connectivity index (χ1) is 25.0. The van der Waals surface area contributed by atoms with Gasteiger partial charge in [-0.2, -0.15) is 0 Å². The van der Waals surface area contributed by atoms with E-state index in [1.807, 2.05) is 98.5 Å². The number of amides is 3. The molecule has 0 radical (unpaired) electrons. The number of alkyl carbamates (subject to hydrolysis) is 1. The number of likely N-dealkylation sites (tertiary alicyclic amines) is 1. The van der Waals surface area contributed by atoms with Crippen molar-refractivity contribution in [2.45, 2.75) is 71.1 Å². The summed E-state index contributed by atoms with van der Waals surface area (Å²) in [7, 11) is 0. The van der Waals surface area contributed by atoms with Crippen LogP contribution in [0.5, 0.6) is 0 Å². The van der Waals surface area contributed by atoms with Crippen molar-refractivity contribution in [2.24, 2.45) is 11.8 Å². The van der Waals surface area contributed by atoms with Crippen molar-refractivity contribution in [1.29, 1.82) is 0 Å². The van der Waals surface area contributed by atoms with Crippen LogP contribution >= 0.6 is 0 Å². The molecule has 3 atom stereocenters. The largest absolute Gasteiger partial charge is 0.448 e. The zero-order valence-electron chi connectivity index (χ0n) is 31.0. The molecule has 8 heteroatoms. The lowest BCUT2D eigenvalue weighted by Crippen LogP contribution is -2.56. The van der Waals surface area contributed by atoms with Crippen LogP contribution < -0.4 is 5.32 Å². The van der Waals surface area contributed by atoms with Gasteiger partial charge in [0.1, 0.15) is 12.2 Å².